The minimum Gasteiger partial charge on any atom is -0.347 e. The van der Waals surface area contributed by atoms with Gasteiger partial charge < -0.3 is 4.90 Å². The molecule has 30 heavy (non-hydrogen) atoms. The molecule has 2 amide bonds. The topological polar surface area (TPSA) is 84.2 Å². The van der Waals surface area contributed by atoms with Crippen LogP contribution in [-0.2, 0) is 21.5 Å². The standard InChI is InChI=1S/C22H24N6O2/c1-14-23-11-16(12-24-14)15-6-7-17-18(10-15)28(21(30)22(17,2)3)19-8-9-27(25-19)13-20(29)26(4)5/h6-12H,13H2,1-5H3. The van der Waals surface area contributed by atoms with E-state index in [2.05, 4.69) is 15.1 Å². The average molecular weight is 404 g/mol. The van der Waals surface area contributed by atoms with Gasteiger partial charge in [-0.1, -0.05) is 12.1 Å². The highest BCUT2D eigenvalue weighted by atomic mass is 16.2. The lowest BCUT2D eigenvalue weighted by molar-refractivity contribution is -0.129. The second kappa shape index (κ2) is 7.05. The molecule has 0 unspecified atom stereocenters. The van der Waals surface area contributed by atoms with Gasteiger partial charge in [0.15, 0.2) is 5.82 Å². The number of aromatic nitrogens is 4. The number of benzene rings is 1. The van der Waals surface area contributed by atoms with Crippen LogP contribution >= 0.6 is 0 Å². The molecule has 0 fully saturated rings. The summed E-state index contributed by atoms with van der Waals surface area (Å²) < 4.78 is 1.55. The molecule has 0 radical (unpaired) electrons. The third kappa shape index (κ3) is 3.24. The number of hydrogen-bond donors (Lipinski definition) is 0. The molecule has 3 heterocycles. The molecule has 1 aliphatic heterocycles. The molecular weight excluding hydrogens is 380 g/mol. The first-order chi connectivity index (χ1) is 14.2. The van der Waals surface area contributed by atoms with Crippen molar-refractivity contribution < 1.29 is 9.59 Å². The number of anilines is 2. The van der Waals surface area contributed by atoms with Crippen LogP contribution in [0.15, 0.2) is 42.9 Å². The lowest BCUT2D eigenvalue weighted by Gasteiger charge is -2.18. The lowest BCUT2D eigenvalue weighted by Crippen LogP contribution is -2.33. The highest BCUT2D eigenvalue weighted by molar-refractivity contribution is 6.12. The van der Waals surface area contributed by atoms with Crippen molar-refractivity contribution in [3.05, 3.63) is 54.2 Å². The van der Waals surface area contributed by atoms with Gasteiger partial charge in [0, 0.05) is 44.3 Å². The number of aryl methyl sites for hydroxylation is 1. The summed E-state index contributed by atoms with van der Waals surface area (Å²) >= 11 is 0. The maximum absolute atomic E-state index is 13.3. The van der Waals surface area contributed by atoms with E-state index in [1.807, 2.05) is 39.0 Å². The van der Waals surface area contributed by atoms with Gasteiger partial charge in [-0.3, -0.25) is 19.2 Å². The van der Waals surface area contributed by atoms with E-state index < -0.39 is 5.41 Å². The molecule has 3 aromatic rings. The Balaban J connectivity index is 1.75. The summed E-state index contributed by atoms with van der Waals surface area (Å²) in [7, 11) is 3.40. The number of nitrogens with zero attached hydrogens (tertiary/aromatic N) is 6. The fraction of sp³-hybridized carbons (Fsp3) is 0.318. The van der Waals surface area contributed by atoms with E-state index in [9.17, 15) is 9.59 Å². The Kier molecular flexibility index (Phi) is 4.64. The molecule has 0 aliphatic carbocycles. The van der Waals surface area contributed by atoms with Crippen molar-refractivity contribution in [3.63, 3.8) is 0 Å². The predicted molar refractivity (Wildman–Crippen MR) is 113 cm³/mol. The Bertz CT molecular complexity index is 1130. The highest BCUT2D eigenvalue weighted by Crippen LogP contribution is 2.46. The molecule has 4 rings (SSSR count). The van der Waals surface area contributed by atoms with Gasteiger partial charge in [-0.2, -0.15) is 5.10 Å². The maximum Gasteiger partial charge on any atom is 0.243 e. The fourth-order valence-corrected chi connectivity index (χ4v) is 3.54. The van der Waals surface area contributed by atoms with Gasteiger partial charge in [-0.15, -0.1) is 0 Å². The molecule has 2 aromatic heterocycles. The van der Waals surface area contributed by atoms with E-state index in [1.165, 1.54) is 4.90 Å². The molecule has 1 aromatic carbocycles. The monoisotopic (exact) mass is 404 g/mol. The molecule has 0 spiro atoms. The summed E-state index contributed by atoms with van der Waals surface area (Å²) in [4.78, 5) is 37.0. The van der Waals surface area contributed by atoms with Crippen molar-refractivity contribution in [2.45, 2.75) is 32.7 Å². The van der Waals surface area contributed by atoms with Gasteiger partial charge >= 0.3 is 0 Å². The van der Waals surface area contributed by atoms with Crippen LogP contribution < -0.4 is 4.90 Å². The van der Waals surface area contributed by atoms with Crippen molar-refractivity contribution in [2.24, 2.45) is 0 Å². The van der Waals surface area contributed by atoms with E-state index in [4.69, 9.17) is 0 Å². The normalized spacial score (nSPS) is 14.7. The van der Waals surface area contributed by atoms with Gasteiger partial charge in [0.1, 0.15) is 12.4 Å². The van der Waals surface area contributed by atoms with E-state index in [1.54, 1.807) is 48.3 Å². The molecule has 0 saturated heterocycles. The number of likely N-dealkylation sites (N-methyl/N-ethyl adjacent to an activating group) is 1. The Morgan fingerprint density at radius 3 is 2.47 bits per heavy atom. The summed E-state index contributed by atoms with van der Waals surface area (Å²) in [6.07, 6.45) is 5.27. The summed E-state index contributed by atoms with van der Waals surface area (Å²) in [6.45, 7) is 5.78. The third-order valence-corrected chi connectivity index (χ3v) is 5.42. The van der Waals surface area contributed by atoms with E-state index in [-0.39, 0.29) is 18.4 Å². The molecule has 0 N–H and O–H groups in total. The van der Waals surface area contributed by atoms with Crippen LogP contribution in [0.2, 0.25) is 0 Å². The van der Waals surface area contributed by atoms with Gasteiger partial charge in [0.05, 0.1) is 11.1 Å². The van der Waals surface area contributed by atoms with Crippen molar-refractivity contribution in [1.29, 1.82) is 0 Å². The van der Waals surface area contributed by atoms with Gasteiger partial charge in [-0.05, 0) is 38.0 Å². The molecule has 0 atom stereocenters. The second-order valence-electron chi connectivity index (χ2n) is 8.18. The van der Waals surface area contributed by atoms with E-state index in [0.29, 0.717) is 11.6 Å². The quantitative estimate of drug-likeness (QED) is 0.668. The molecule has 0 saturated carbocycles. The van der Waals surface area contributed by atoms with Crippen LogP contribution in [-0.4, -0.2) is 50.6 Å². The van der Waals surface area contributed by atoms with Crippen LogP contribution in [0.25, 0.3) is 11.1 Å². The number of hydrogen-bond acceptors (Lipinski definition) is 5. The Morgan fingerprint density at radius 2 is 1.80 bits per heavy atom. The molecule has 8 heteroatoms. The number of carbonyl (C=O) groups excluding carboxylic acids is 2. The zero-order valence-corrected chi connectivity index (χ0v) is 17.7. The van der Waals surface area contributed by atoms with Crippen LogP contribution in [0, 0.1) is 6.92 Å². The second-order valence-corrected chi connectivity index (χ2v) is 8.18. The largest absolute Gasteiger partial charge is 0.347 e. The van der Waals surface area contributed by atoms with Crippen LogP contribution in [0.5, 0.6) is 0 Å². The summed E-state index contributed by atoms with van der Waals surface area (Å²) in [5, 5.41) is 4.49. The van der Waals surface area contributed by atoms with Crippen molar-refractivity contribution in [2.75, 3.05) is 19.0 Å². The summed E-state index contributed by atoms with van der Waals surface area (Å²) in [5.74, 6) is 1.07. The van der Waals surface area contributed by atoms with Gasteiger partial charge in [0.25, 0.3) is 0 Å². The zero-order valence-electron chi connectivity index (χ0n) is 17.7. The van der Waals surface area contributed by atoms with Gasteiger partial charge in [0.2, 0.25) is 11.8 Å². The van der Waals surface area contributed by atoms with Crippen LogP contribution in [0.4, 0.5) is 11.5 Å². The Hall–Kier alpha value is -3.55. The smallest absolute Gasteiger partial charge is 0.243 e. The summed E-state index contributed by atoms with van der Waals surface area (Å²) in [6, 6.07) is 7.70. The van der Waals surface area contributed by atoms with Crippen molar-refractivity contribution >= 4 is 23.3 Å². The van der Waals surface area contributed by atoms with Gasteiger partial charge in [-0.25, -0.2) is 9.97 Å². The fourth-order valence-electron chi connectivity index (χ4n) is 3.54. The first kappa shape index (κ1) is 19.8. The first-order valence-corrected chi connectivity index (χ1v) is 9.70. The minimum absolute atomic E-state index is 0.0565. The van der Waals surface area contributed by atoms with Crippen molar-refractivity contribution in [3.8, 4) is 11.1 Å². The predicted octanol–water partition coefficient (Wildman–Crippen LogP) is 2.69. The highest BCUT2D eigenvalue weighted by Gasteiger charge is 2.45. The third-order valence-electron chi connectivity index (χ3n) is 5.42. The van der Waals surface area contributed by atoms with Crippen molar-refractivity contribution in [1.82, 2.24) is 24.6 Å². The molecular formula is C22H24N6O2. The van der Waals surface area contributed by atoms with Crippen LogP contribution in [0.1, 0.15) is 25.2 Å². The molecule has 0 bridgehead atoms. The van der Waals surface area contributed by atoms with E-state index in [0.717, 1.165) is 22.4 Å². The first-order valence-electron chi connectivity index (χ1n) is 9.70. The molecule has 1 aliphatic rings. The number of fused-ring (bicyclic) bond motifs is 1. The number of amides is 2. The van der Waals surface area contributed by atoms with Crippen LogP contribution in [0.3, 0.4) is 0 Å². The molecule has 8 nitrogen and oxygen atoms in total. The Labute approximate surface area is 175 Å². The molecule has 154 valence electrons. The van der Waals surface area contributed by atoms with E-state index >= 15 is 0 Å². The lowest BCUT2D eigenvalue weighted by atomic mass is 9.85. The number of carbonyl (C=O) groups is 2. The number of rotatable bonds is 4. The minimum atomic E-state index is -0.680. The average Bonchev–Trinajstić information content (AvgIpc) is 3.23. The zero-order chi connectivity index (χ0) is 21.6. The SMILES string of the molecule is Cc1ncc(-c2ccc3c(c2)N(c2ccn(CC(=O)N(C)C)n2)C(=O)C3(C)C)cn1. The maximum atomic E-state index is 13.3. The Morgan fingerprint density at radius 1 is 1.10 bits per heavy atom. The summed E-state index contributed by atoms with van der Waals surface area (Å²) in [5.41, 5.74) is 2.84.